The standard InChI is InChI=1S/C13H26N4O/c1-18-8-5-15-13(14)16-11-9-12(10-11)17-6-3-2-4-7-17/h11-12H,2-10H2,1H3,(H3,14,15,16). The number of guanidine groups is 1. The first kappa shape index (κ1) is 13.6. The van der Waals surface area contributed by atoms with Crippen LogP contribution in [0.5, 0.6) is 0 Å². The summed E-state index contributed by atoms with van der Waals surface area (Å²) in [7, 11) is 1.67. The van der Waals surface area contributed by atoms with Crippen LogP contribution in [0, 0.1) is 0 Å². The summed E-state index contributed by atoms with van der Waals surface area (Å²) in [5.74, 6) is 0.564. The fraction of sp³-hybridized carbons (Fsp3) is 0.923. The van der Waals surface area contributed by atoms with Crippen molar-refractivity contribution >= 4 is 5.96 Å². The predicted octanol–water partition coefficient (Wildman–Crippen LogP) is 0.554. The molecule has 0 atom stereocenters. The molecule has 18 heavy (non-hydrogen) atoms. The number of nitrogens with one attached hydrogen (secondary N) is 1. The predicted molar refractivity (Wildman–Crippen MR) is 73.7 cm³/mol. The number of hydrogen-bond acceptors (Lipinski definition) is 3. The Morgan fingerprint density at radius 2 is 2.06 bits per heavy atom. The number of ether oxygens (including phenoxy) is 1. The van der Waals surface area contributed by atoms with Gasteiger partial charge in [-0.2, -0.15) is 0 Å². The van der Waals surface area contributed by atoms with Gasteiger partial charge in [0.05, 0.1) is 13.2 Å². The Hall–Kier alpha value is -0.810. The smallest absolute Gasteiger partial charge is 0.188 e. The Kier molecular flexibility index (Phi) is 5.26. The molecular formula is C13H26N4O. The van der Waals surface area contributed by atoms with Crippen LogP contribution in [-0.4, -0.2) is 56.3 Å². The molecule has 5 nitrogen and oxygen atoms in total. The van der Waals surface area contributed by atoms with E-state index in [1.807, 2.05) is 0 Å². The average molecular weight is 254 g/mol. The van der Waals surface area contributed by atoms with Crippen LogP contribution in [0.1, 0.15) is 32.1 Å². The summed E-state index contributed by atoms with van der Waals surface area (Å²) in [6.07, 6.45) is 6.56. The number of likely N-dealkylation sites (tertiary alicyclic amines) is 1. The Balaban J connectivity index is 1.61. The van der Waals surface area contributed by atoms with Crippen molar-refractivity contribution in [1.29, 1.82) is 0 Å². The molecule has 0 unspecified atom stereocenters. The summed E-state index contributed by atoms with van der Waals surface area (Å²) in [5.41, 5.74) is 5.82. The van der Waals surface area contributed by atoms with Crippen LogP contribution in [0.3, 0.4) is 0 Å². The number of nitrogens with two attached hydrogens (primary N) is 1. The highest BCUT2D eigenvalue weighted by atomic mass is 16.5. The van der Waals surface area contributed by atoms with Crippen molar-refractivity contribution in [3.8, 4) is 0 Å². The van der Waals surface area contributed by atoms with Crippen LogP contribution >= 0.6 is 0 Å². The van der Waals surface area contributed by atoms with Crippen LogP contribution in [0.25, 0.3) is 0 Å². The van der Waals surface area contributed by atoms with Crippen molar-refractivity contribution in [1.82, 2.24) is 10.2 Å². The molecule has 1 aliphatic carbocycles. The summed E-state index contributed by atoms with van der Waals surface area (Å²) in [5, 5.41) is 3.29. The van der Waals surface area contributed by atoms with Gasteiger partial charge in [0, 0.05) is 19.2 Å². The molecule has 2 rings (SSSR count). The maximum atomic E-state index is 5.82. The zero-order valence-corrected chi connectivity index (χ0v) is 11.4. The first-order chi connectivity index (χ1) is 8.79. The van der Waals surface area contributed by atoms with Crippen molar-refractivity contribution < 1.29 is 4.74 Å². The van der Waals surface area contributed by atoms with E-state index in [4.69, 9.17) is 10.5 Å². The van der Waals surface area contributed by atoms with Crippen molar-refractivity contribution in [2.45, 2.75) is 44.2 Å². The van der Waals surface area contributed by atoms with E-state index >= 15 is 0 Å². The van der Waals surface area contributed by atoms with E-state index in [2.05, 4.69) is 15.2 Å². The fourth-order valence-electron chi connectivity index (χ4n) is 2.80. The number of piperidine rings is 1. The van der Waals surface area contributed by atoms with Gasteiger partial charge >= 0.3 is 0 Å². The molecule has 0 aromatic rings. The number of methoxy groups -OCH3 is 1. The fourth-order valence-corrected chi connectivity index (χ4v) is 2.80. The molecule has 104 valence electrons. The minimum absolute atomic E-state index is 0.517. The maximum absolute atomic E-state index is 5.82. The third-order valence-electron chi connectivity index (χ3n) is 3.95. The summed E-state index contributed by atoms with van der Waals surface area (Å²) in [6.45, 7) is 3.84. The molecule has 3 N–H and O–H groups in total. The van der Waals surface area contributed by atoms with Crippen LogP contribution < -0.4 is 11.1 Å². The van der Waals surface area contributed by atoms with Crippen molar-refractivity contribution in [3.05, 3.63) is 0 Å². The van der Waals surface area contributed by atoms with E-state index in [1.165, 1.54) is 45.2 Å². The molecule has 0 spiro atoms. The maximum Gasteiger partial charge on any atom is 0.188 e. The van der Waals surface area contributed by atoms with Crippen LogP contribution in [-0.2, 0) is 4.74 Å². The monoisotopic (exact) mass is 254 g/mol. The van der Waals surface area contributed by atoms with Gasteiger partial charge in [0.25, 0.3) is 0 Å². The molecule has 0 bridgehead atoms. The largest absolute Gasteiger partial charge is 0.383 e. The van der Waals surface area contributed by atoms with Crippen LogP contribution in [0.2, 0.25) is 0 Å². The minimum Gasteiger partial charge on any atom is -0.383 e. The van der Waals surface area contributed by atoms with Crippen molar-refractivity contribution in [2.75, 3.05) is 33.4 Å². The molecule has 0 radical (unpaired) electrons. The molecule has 1 saturated heterocycles. The van der Waals surface area contributed by atoms with Crippen molar-refractivity contribution in [2.24, 2.45) is 10.7 Å². The zero-order chi connectivity index (χ0) is 12.8. The summed E-state index contributed by atoms with van der Waals surface area (Å²) >= 11 is 0. The van der Waals surface area contributed by atoms with Gasteiger partial charge in [0.15, 0.2) is 5.96 Å². The van der Waals surface area contributed by atoms with E-state index in [0.717, 1.165) is 6.04 Å². The van der Waals surface area contributed by atoms with Gasteiger partial charge in [-0.1, -0.05) is 6.42 Å². The highest BCUT2D eigenvalue weighted by Gasteiger charge is 2.34. The molecule has 2 aliphatic rings. The van der Waals surface area contributed by atoms with Gasteiger partial charge in [-0.05, 0) is 38.8 Å². The SMILES string of the molecule is COCCN=C(N)NC1CC(N2CCCCC2)C1. The third-order valence-corrected chi connectivity index (χ3v) is 3.95. The van der Waals surface area contributed by atoms with E-state index < -0.39 is 0 Å². The Morgan fingerprint density at radius 3 is 2.72 bits per heavy atom. The number of hydrogen-bond donors (Lipinski definition) is 2. The Morgan fingerprint density at radius 1 is 1.33 bits per heavy atom. The average Bonchev–Trinajstić information content (AvgIpc) is 2.35. The normalized spacial score (nSPS) is 29.9. The van der Waals surface area contributed by atoms with Gasteiger partial charge in [-0.15, -0.1) is 0 Å². The topological polar surface area (TPSA) is 62.9 Å². The molecule has 2 fully saturated rings. The third kappa shape index (κ3) is 3.85. The second-order valence-electron chi connectivity index (χ2n) is 5.32. The van der Waals surface area contributed by atoms with Gasteiger partial charge in [-0.3, -0.25) is 4.99 Å². The molecule has 1 heterocycles. The summed E-state index contributed by atoms with van der Waals surface area (Å²) < 4.78 is 4.94. The summed E-state index contributed by atoms with van der Waals surface area (Å²) in [6, 6.07) is 1.29. The minimum atomic E-state index is 0.517. The quantitative estimate of drug-likeness (QED) is 0.427. The lowest BCUT2D eigenvalue weighted by Gasteiger charge is -2.44. The molecule has 5 heteroatoms. The van der Waals surface area contributed by atoms with E-state index in [1.54, 1.807) is 7.11 Å². The lowest BCUT2D eigenvalue weighted by atomic mass is 9.84. The Bertz CT molecular complexity index is 270. The molecule has 0 aromatic heterocycles. The summed E-state index contributed by atoms with van der Waals surface area (Å²) in [4.78, 5) is 6.86. The van der Waals surface area contributed by atoms with Crippen LogP contribution in [0.15, 0.2) is 4.99 Å². The Labute approximate surface area is 110 Å². The second kappa shape index (κ2) is 6.95. The molecule has 1 saturated carbocycles. The lowest BCUT2D eigenvalue weighted by molar-refractivity contribution is 0.0846. The van der Waals surface area contributed by atoms with Gasteiger partial charge < -0.3 is 20.7 Å². The first-order valence-electron chi connectivity index (χ1n) is 7.09. The van der Waals surface area contributed by atoms with Gasteiger partial charge in [0.1, 0.15) is 0 Å². The molecule has 1 aliphatic heterocycles. The number of aliphatic imine (C=N–C) groups is 1. The lowest BCUT2D eigenvalue weighted by Crippen LogP contribution is -2.56. The van der Waals surface area contributed by atoms with Crippen LogP contribution in [0.4, 0.5) is 0 Å². The first-order valence-corrected chi connectivity index (χ1v) is 7.09. The van der Waals surface area contributed by atoms with E-state index in [0.29, 0.717) is 25.2 Å². The highest BCUT2D eigenvalue weighted by molar-refractivity contribution is 5.78. The molecule has 0 aromatic carbocycles. The molecule has 0 amide bonds. The zero-order valence-electron chi connectivity index (χ0n) is 11.4. The number of rotatable bonds is 5. The second-order valence-corrected chi connectivity index (χ2v) is 5.32. The van der Waals surface area contributed by atoms with Gasteiger partial charge in [0.2, 0.25) is 0 Å². The van der Waals surface area contributed by atoms with E-state index in [9.17, 15) is 0 Å². The highest BCUT2D eigenvalue weighted by Crippen LogP contribution is 2.27. The van der Waals surface area contributed by atoms with E-state index in [-0.39, 0.29) is 0 Å². The molecular weight excluding hydrogens is 228 g/mol. The number of nitrogens with zero attached hydrogens (tertiary/aromatic N) is 2. The van der Waals surface area contributed by atoms with Gasteiger partial charge in [-0.25, -0.2) is 0 Å². The van der Waals surface area contributed by atoms with Crippen molar-refractivity contribution in [3.63, 3.8) is 0 Å².